The molecule has 0 spiro atoms. The smallest absolute Gasteiger partial charge is 0.257 e. The minimum Gasteiger partial charge on any atom is -0.383 e. The van der Waals surface area contributed by atoms with E-state index in [1.807, 2.05) is 0 Å². The van der Waals surface area contributed by atoms with Crippen molar-refractivity contribution in [2.24, 2.45) is 0 Å². The Kier molecular flexibility index (Phi) is 3.60. The first-order valence-electron chi connectivity index (χ1n) is 9.52. The second-order valence-electron chi connectivity index (χ2n) is 7.74. The van der Waals surface area contributed by atoms with Gasteiger partial charge in [0, 0.05) is 17.8 Å². The molecule has 2 aliphatic heterocycles. The number of nitrogens with zero attached hydrogens (tertiary/aromatic N) is 2. The second-order valence-corrected chi connectivity index (χ2v) is 7.74. The lowest BCUT2D eigenvalue weighted by Crippen LogP contribution is -2.43. The fourth-order valence-corrected chi connectivity index (χ4v) is 5.08. The highest BCUT2D eigenvalue weighted by molar-refractivity contribution is 5.86. The zero-order valence-electron chi connectivity index (χ0n) is 15.1. The molecule has 0 saturated carbocycles. The molecule has 2 aromatic carbocycles. The van der Waals surface area contributed by atoms with E-state index in [2.05, 4.69) is 57.3 Å². The van der Waals surface area contributed by atoms with Gasteiger partial charge in [-0.3, -0.25) is 9.78 Å². The summed E-state index contributed by atoms with van der Waals surface area (Å²) in [7, 11) is 0. The van der Waals surface area contributed by atoms with Gasteiger partial charge in [-0.2, -0.15) is 4.98 Å². The summed E-state index contributed by atoms with van der Waals surface area (Å²) in [5, 5.41) is 2.52. The zero-order chi connectivity index (χ0) is 18.5. The van der Waals surface area contributed by atoms with Crippen molar-refractivity contribution in [1.29, 1.82) is 0 Å². The predicted molar refractivity (Wildman–Crippen MR) is 109 cm³/mol. The molecular formula is C21H23N5O. The maximum absolute atomic E-state index is 12.4. The summed E-state index contributed by atoms with van der Waals surface area (Å²) in [6.07, 6.45) is 4.13. The van der Waals surface area contributed by atoms with Gasteiger partial charge in [-0.25, -0.2) is 0 Å². The summed E-state index contributed by atoms with van der Waals surface area (Å²) >= 11 is 0. The summed E-state index contributed by atoms with van der Waals surface area (Å²) in [6.45, 7) is 0. The van der Waals surface area contributed by atoms with Gasteiger partial charge in [0.15, 0.2) is 0 Å². The molecule has 27 heavy (non-hydrogen) atoms. The number of rotatable bonds is 2. The molecule has 2 atom stereocenters. The van der Waals surface area contributed by atoms with Gasteiger partial charge in [0.2, 0.25) is 5.95 Å². The molecule has 138 valence electrons. The minimum atomic E-state index is -0.191. The molecule has 5 N–H and O–H groups in total. The highest BCUT2D eigenvalue weighted by Crippen LogP contribution is 2.45. The Hall–Kier alpha value is -3.02. The molecule has 2 saturated heterocycles. The van der Waals surface area contributed by atoms with E-state index in [1.165, 1.54) is 16.5 Å². The van der Waals surface area contributed by atoms with Crippen LogP contribution in [0.15, 0.2) is 47.3 Å². The van der Waals surface area contributed by atoms with Crippen LogP contribution in [-0.2, 0) is 0 Å². The fourth-order valence-electron chi connectivity index (χ4n) is 5.08. The largest absolute Gasteiger partial charge is 0.383 e. The monoisotopic (exact) mass is 361 g/mol. The van der Waals surface area contributed by atoms with Crippen LogP contribution in [0.4, 0.5) is 17.5 Å². The van der Waals surface area contributed by atoms with Crippen LogP contribution < -0.4 is 21.9 Å². The third-order valence-corrected chi connectivity index (χ3v) is 6.18. The Balaban J connectivity index is 1.47. The van der Waals surface area contributed by atoms with E-state index in [4.69, 9.17) is 11.5 Å². The molecular weight excluding hydrogens is 338 g/mol. The molecule has 6 heteroatoms. The van der Waals surface area contributed by atoms with Crippen LogP contribution in [0.1, 0.15) is 37.2 Å². The molecule has 0 aliphatic carbocycles. The van der Waals surface area contributed by atoms with Crippen molar-refractivity contribution in [3.05, 3.63) is 58.4 Å². The Labute approximate surface area is 157 Å². The quantitative estimate of drug-likeness (QED) is 0.651. The van der Waals surface area contributed by atoms with E-state index in [1.54, 1.807) is 0 Å². The van der Waals surface area contributed by atoms with E-state index in [0.717, 1.165) is 25.7 Å². The summed E-state index contributed by atoms with van der Waals surface area (Å²) < 4.78 is 0. The molecule has 0 radical (unpaired) electrons. The van der Waals surface area contributed by atoms with Crippen LogP contribution in [0.3, 0.4) is 0 Å². The Bertz CT molecular complexity index is 1060. The van der Waals surface area contributed by atoms with Crippen LogP contribution in [0.5, 0.6) is 0 Å². The number of piperidine rings is 1. The molecule has 1 aromatic heterocycles. The Morgan fingerprint density at radius 1 is 1.00 bits per heavy atom. The Morgan fingerprint density at radius 3 is 2.41 bits per heavy atom. The van der Waals surface area contributed by atoms with Crippen molar-refractivity contribution < 1.29 is 0 Å². The number of nitrogen functional groups attached to an aromatic ring is 2. The second kappa shape index (κ2) is 6.01. The maximum atomic E-state index is 12.4. The summed E-state index contributed by atoms with van der Waals surface area (Å²) in [4.78, 5) is 21.7. The SMILES string of the molecule is Nc1nc(N)c(C2CC3CCC(C2)N3c2ccc3ccccc3c2)c(=O)[nH]1. The molecule has 5 rings (SSSR count). The van der Waals surface area contributed by atoms with Crippen molar-refractivity contribution in [2.75, 3.05) is 16.4 Å². The molecule has 2 aliphatic rings. The summed E-state index contributed by atoms with van der Waals surface area (Å²) in [5.41, 5.74) is 13.4. The molecule has 3 aromatic rings. The van der Waals surface area contributed by atoms with Gasteiger partial charge >= 0.3 is 0 Å². The summed E-state index contributed by atoms with van der Waals surface area (Å²) in [5.74, 6) is 0.494. The van der Waals surface area contributed by atoms with Crippen LogP contribution >= 0.6 is 0 Å². The predicted octanol–water partition coefficient (Wildman–Crippen LogP) is 3.00. The average Bonchev–Trinajstić information content (AvgIpc) is 2.91. The molecule has 3 heterocycles. The van der Waals surface area contributed by atoms with Crippen molar-refractivity contribution >= 4 is 28.2 Å². The number of hydrogen-bond donors (Lipinski definition) is 3. The van der Waals surface area contributed by atoms with Crippen LogP contribution in [0, 0.1) is 0 Å². The summed E-state index contributed by atoms with van der Waals surface area (Å²) in [6, 6.07) is 16.0. The van der Waals surface area contributed by atoms with Crippen molar-refractivity contribution in [3.8, 4) is 0 Å². The van der Waals surface area contributed by atoms with Crippen LogP contribution in [-0.4, -0.2) is 22.1 Å². The number of hydrogen-bond acceptors (Lipinski definition) is 5. The number of aromatic amines is 1. The standard InChI is InChI=1S/C21H23N5O/c22-19-18(20(27)25-21(23)24-19)14-10-16-7-8-17(11-14)26(16)15-6-5-12-3-1-2-4-13(12)9-15/h1-6,9,14,16-17H,7-8,10-11H2,(H5,22,23,24,25,27). The topological polar surface area (TPSA) is 101 Å². The lowest BCUT2D eigenvalue weighted by molar-refractivity contribution is 0.414. The fraction of sp³-hybridized carbons (Fsp3) is 0.333. The average molecular weight is 361 g/mol. The van der Waals surface area contributed by atoms with Gasteiger partial charge < -0.3 is 16.4 Å². The first-order chi connectivity index (χ1) is 13.1. The lowest BCUT2D eigenvalue weighted by Gasteiger charge is -2.40. The van der Waals surface area contributed by atoms with Crippen LogP contribution in [0.25, 0.3) is 10.8 Å². The first kappa shape index (κ1) is 16.2. The van der Waals surface area contributed by atoms with E-state index in [-0.39, 0.29) is 23.2 Å². The maximum Gasteiger partial charge on any atom is 0.257 e. The number of nitrogens with one attached hydrogen (secondary N) is 1. The molecule has 2 unspecified atom stereocenters. The molecule has 2 bridgehead atoms. The number of aromatic nitrogens is 2. The van der Waals surface area contributed by atoms with Crippen molar-refractivity contribution in [1.82, 2.24) is 9.97 Å². The minimum absolute atomic E-state index is 0.0813. The van der Waals surface area contributed by atoms with Crippen molar-refractivity contribution in [2.45, 2.75) is 43.7 Å². The van der Waals surface area contributed by atoms with E-state index in [0.29, 0.717) is 17.6 Å². The first-order valence-corrected chi connectivity index (χ1v) is 9.52. The van der Waals surface area contributed by atoms with Gasteiger partial charge in [0.1, 0.15) is 5.82 Å². The normalized spacial score (nSPS) is 24.4. The van der Waals surface area contributed by atoms with Gasteiger partial charge in [-0.15, -0.1) is 0 Å². The van der Waals surface area contributed by atoms with Crippen LogP contribution in [0.2, 0.25) is 0 Å². The molecule has 0 amide bonds. The number of benzene rings is 2. The molecule has 6 nitrogen and oxygen atoms in total. The van der Waals surface area contributed by atoms with Gasteiger partial charge in [0.05, 0.1) is 5.56 Å². The van der Waals surface area contributed by atoms with E-state index >= 15 is 0 Å². The van der Waals surface area contributed by atoms with Gasteiger partial charge in [-0.05, 0) is 54.5 Å². The zero-order valence-corrected chi connectivity index (χ0v) is 15.1. The highest BCUT2D eigenvalue weighted by atomic mass is 16.1. The number of H-pyrrole nitrogens is 1. The van der Waals surface area contributed by atoms with E-state index in [9.17, 15) is 4.79 Å². The Morgan fingerprint density at radius 2 is 1.70 bits per heavy atom. The van der Waals surface area contributed by atoms with E-state index < -0.39 is 0 Å². The third kappa shape index (κ3) is 2.63. The van der Waals surface area contributed by atoms with Crippen molar-refractivity contribution in [3.63, 3.8) is 0 Å². The number of anilines is 3. The van der Waals surface area contributed by atoms with Gasteiger partial charge in [-0.1, -0.05) is 30.3 Å². The molecule has 2 fully saturated rings. The van der Waals surface area contributed by atoms with Gasteiger partial charge in [0.25, 0.3) is 5.56 Å². The highest BCUT2D eigenvalue weighted by Gasteiger charge is 2.42. The third-order valence-electron chi connectivity index (χ3n) is 6.18. The number of fused-ring (bicyclic) bond motifs is 3. The lowest BCUT2D eigenvalue weighted by atomic mass is 9.85. The number of nitrogens with two attached hydrogens (primary N) is 2.